The van der Waals surface area contributed by atoms with E-state index >= 15 is 0 Å². The van der Waals surface area contributed by atoms with Gasteiger partial charge in [0.2, 0.25) is 5.91 Å². The van der Waals surface area contributed by atoms with Crippen LogP contribution in [0.1, 0.15) is 44.2 Å². The molecule has 3 atom stereocenters. The van der Waals surface area contributed by atoms with Gasteiger partial charge >= 0.3 is 5.97 Å². The maximum absolute atomic E-state index is 13.2. The summed E-state index contributed by atoms with van der Waals surface area (Å²) in [7, 11) is 0. The summed E-state index contributed by atoms with van der Waals surface area (Å²) >= 11 is 0. The van der Waals surface area contributed by atoms with Crippen LogP contribution in [0.3, 0.4) is 0 Å². The molecule has 0 aromatic heterocycles. The first kappa shape index (κ1) is 15.5. The van der Waals surface area contributed by atoms with Gasteiger partial charge in [0.25, 0.3) is 0 Å². The van der Waals surface area contributed by atoms with Crippen LogP contribution < -0.4 is 5.32 Å². The van der Waals surface area contributed by atoms with Gasteiger partial charge in [0.15, 0.2) is 0 Å². The lowest BCUT2D eigenvalue weighted by molar-refractivity contribution is -0.144. The molecule has 21 heavy (non-hydrogen) atoms. The predicted octanol–water partition coefficient (Wildman–Crippen LogP) is 2.89. The minimum Gasteiger partial charge on any atom is -0.481 e. The van der Waals surface area contributed by atoms with Gasteiger partial charge in [-0.25, -0.2) is 4.39 Å². The molecule has 3 unspecified atom stereocenters. The number of benzene rings is 1. The lowest BCUT2D eigenvalue weighted by atomic mass is 9.81. The van der Waals surface area contributed by atoms with E-state index in [0.29, 0.717) is 24.8 Å². The molecule has 0 saturated heterocycles. The van der Waals surface area contributed by atoms with Crippen molar-refractivity contribution in [1.29, 1.82) is 0 Å². The van der Waals surface area contributed by atoms with Crippen molar-refractivity contribution in [1.82, 2.24) is 5.32 Å². The lowest BCUT2D eigenvalue weighted by Gasteiger charge is -2.27. The van der Waals surface area contributed by atoms with Crippen LogP contribution in [0.2, 0.25) is 0 Å². The molecule has 1 fully saturated rings. The van der Waals surface area contributed by atoms with E-state index in [1.165, 1.54) is 12.1 Å². The average molecular weight is 293 g/mol. The molecule has 1 amide bonds. The van der Waals surface area contributed by atoms with Crippen LogP contribution in [-0.2, 0) is 9.59 Å². The molecule has 0 spiro atoms. The summed E-state index contributed by atoms with van der Waals surface area (Å²) in [5.74, 6) is -2.00. The molecule has 1 aromatic rings. The second kappa shape index (κ2) is 6.70. The highest BCUT2D eigenvalue weighted by Gasteiger charge is 2.31. The molecule has 1 aliphatic rings. The second-order valence-corrected chi connectivity index (χ2v) is 5.68. The average Bonchev–Trinajstić information content (AvgIpc) is 2.47. The molecular formula is C16H20FNO3. The Hall–Kier alpha value is -1.91. The fraction of sp³-hybridized carbons (Fsp3) is 0.500. The topological polar surface area (TPSA) is 66.4 Å². The van der Waals surface area contributed by atoms with Gasteiger partial charge in [0.05, 0.1) is 12.0 Å². The first-order valence-electron chi connectivity index (χ1n) is 7.26. The fourth-order valence-electron chi connectivity index (χ4n) is 2.84. The summed E-state index contributed by atoms with van der Waals surface area (Å²) in [5, 5.41) is 11.9. The lowest BCUT2D eigenvalue weighted by Crippen LogP contribution is -2.36. The van der Waals surface area contributed by atoms with Gasteiger partial charge in [-0.2, -0.15) is 0 Å². The van der Waals surface area contributed by atoms with E-state index in [1.807, 2.05) is 0 Å². The third-order valence-corrected chi connectivity index (χ3v) is 4.10. The largest absolute Gasteiger partial charge is 0.481 e. The van der Waals surface area contributed by atoms with Gasteiger partial charge in [0, 0.05) is 5.92 Å². The van der Waals surface area contributed by atoms with E-state index in [4.69, 9.17) is 5.11 Å². The van der Waals surface area contributed by atoms with Crippen molar-refractivity contribution >= 4 is 11.9 Å². The minimum atomic E-state index is -0.828. The molecule has 114 valence electrons. The van der Waals surface area contributed by atoms with Crippen LogP contribution in [0.25, 0.3) is 0 Å². The number of halogens is 1. The summed E-state index contributed by atoms with van der Waals surface area (Å²) in [6.07, 6.45) is 2.49. The zero-order valence-corrected chi connectivity index (χ0v) is 12.0. The molecule has 2 rings (SSSR count). The van der Waals surface area contributed by atoms with E-state index in [9.17, 15) is 14.0 Å². The zero-order valence-electron chi connectivity index (χ0n) is 12.0. The minimum absolute atomic E-state index is 0.141. The zero-order chi connectivity index (χ0) is 15.4. The highest BCUT2D eigenvalue weighted by Crippen LogP contribution is 2.30. The van der Waals surface area contributed by atoms with E-state index in [1.54, 1.807) is 19.1 Å². The van der Waals surface area contributed by atoms with Crippen molar-refractivity contribution in [2.75, 3.05) is 0 Å². The number of aliphatic carboxylic acids is 1. The predicted molar refractivity (Wildman–Crippen MR) is 76.0 cm³/mol. The summed E-state index contributed by atoms with van der Waals surface area (Å²) in [4.78, 5) is 23.3. The van der Waals surface area contributed by atoms with Crippen LogP contribution in [0.4, 0.5) is 4.39 Å². The number of hydrogen-bond donors (Lipinski definition) is 2. The highest BCUT2D eigenvalue weighted by molar-refractivity contribution is 5.80. The molecule has 2 N–H and O–H groups in total. The first-order chi connectivity index (χ1) is 9.97. The van der Waals surface area contributed by atoms with Crippen LogP contribution in [0.5, 0.6) is 0 Å². The number of carboxylic acid groups (broad SMARTS) is 1. The molecule has 0 bridgehead atoms. The monoisotopic (exact) mass is 293 g/mol. The SMILES string of the molecule is CC(NC(=O)C1CCCC(C(=O)O)C1)c1cccc(F)c1. The van der Waals surface area contributed by atoms with Gasteiger partial charge in [-0.1, -0.05) is 18.6 Å². The Labute approximate surface area is 123 Å². The van der Waals surface area contributed by atoms with E-state index in [2.05, 4.69) is 5.32 Å². The van der Waals surface area contributed by atoms with E-state index in [-0.39, 0.29) is 23.7 Å². The number of carboxylic acids is 1. The summed E-state index contributed by atoms with van der Waals surface area (Å²) in [6, 6.07) is 5.82. The molecule has 0 aliphatic heterocycles. The summed E-state index contributed by atoms with van der Waals surface area (Å²) in [6.45, 7) is 1.80. The molecule has 4 nitrogen and oxygen atoms in total. The van der Waals surface area contributed by atoms with Gasteiger partial charge in [-0.15, -0.1) is 0 Å². The van der Waals surface area contributed by atoms with Crippen LogP contribution >= 0.6 is 0 Å². The van der Waals surface area contributed by atoms with Crippen LogP contribution in [-0.4, -0.2) is 17.0 Å². The van der Waals surface area contributed by atoms with Crippen molar-refractivity contribution in [3.05, 3.63) is 35.6 Å². The van der Waals surface area contributed by atoms with Crippen molar-refractivity contribution in [2.24, 2.45) is 11.8 Å². The molecule has 0 radical (unpaired) electrons. The maximum Gasteiger partial charge on any atom is 0.306 e. The van der Waals surface area contributed by atoms with Gasteiger partial charge in [0.1, 0.15) is 5.82 Å². The summed E-state index contributed by atoms with van der Waals surface area (Å²) < 4.78 is 13.2. The standard InChI is InChI=1S/C16H20FNO3/c1-10(11-4-3-7-14(17)9-11)18-15(19)12-5-2-6-13(8-12)16(20)21/h3-4,7,9-10,12-13H,2,5-6,8H2,1H3,(H,18,19)(H,20,21). The van der Waals surface area contributed by atoms with Gasteiger partial charge in [-0.3, -0.25) is 9.59 Å². The Morgan fingerprint density at radius 2 is 2.05 bits per heavy atom. The summed E-state index contributed by atoms with van der Waals surface area (Å²) in [5.41, 5.74) is 0.703. The Bertz CT molecular complexity index is 532. The van der Waals surface area contributed by atoms with Crippen LogP contribution in [0, 0.1) is 17.7 Å². The molecular weight excluding hydrogens is 273 g/mol. The second-order valence-electron chi connectivity index (χ2n) is 5.68. The number of amides is 1. The third-order valence-electron chi connectivity index (χ3n) is 4.10. The van der Waals surface area contributed by atoms with Gasteiger partial charge in [-0.05, 0) is 43.9 Å². The molecule has 5 heteroatoms. The number of carbonyl (C=O) groups excluding carboxylic acids is 1. The van der Waals surface area contributed by atoms with E-state index in [0.717, 1.165) is 6.42 Å². The molecule has 1 aromatic carbocycles. The Balaban J connectivity index is 1.96. The Morgan fingerprint density at radius 3 is 2.71 bits per heavy atom. The molecule has 1 saturated carbocycles. The highest BCUT2D eigenvalue weighted by atomic mass is 19.1. The fourth-order valence-corrected chi connectivity index (χ4v) is 2.84. The van der Waals surface area contributed by atoms with E-state index < -0.39 is 11.9 Å². The first-order valence-corrected chi connectivity index (χ1v) is 7.26. The smallest absolute Gasteiger partial charge is 0.306 e. The maximum atomic E-state index is 13.2. The Kier molecular flexibility index (Phi) is 4.94. The van der Waals surface area contributed by atoms with Crippen molar-refractivity contribution < 1.29 is 19.1 Å². The van der Waals surface area contributed by atoms with Crippen LogP contribution in [0.15, 0.2) is 24.3 Å². The molecule has 1 aliphatic carbocycles. The number of hydrogen-bond acceptors (Lipinski definition) is 2. The number of rotatable bonds is 4. The quantitative estimate of drug-likeness (QED) is 0.897. The normalized spacial score (nSPS) is 23.3. The van der Waals surface area contributed by atoms with Gasteiger partial charge < -0.3 is 10.4 Å². The van der Waals surface area contributed by atoms with Crippen molar-refractivity contribution in [2.45, 2.75) is 38.6 Å². The number of carbonyl (C=O) groups is 2. The van der Waals surface area contributed by atoms with Crippen molar-refractivity contribution in [3.63, 3.8) is 0 Å². The number of nitrogens with one attached hydrogen (secondary N) is 1. The Morgan fingerprint density at radius 1 is 1.33 bits per heavy atom. The van der Waals surface area contributed by atoms with Crippen molar-refractivity contribution in [3.8, 4) is 0 Å². The third kappa shape index (κ3) is 4.03. The molecule has 0 heterocycles.